The average Bonchev–Trinajstić information content (AvgIpc) is 2.79. The second kappa shape index (κ2) is 14.3. The number of rotatable bonds is 7. The van der Waals surface area contributed by atoms with Gasteiger partial charge in [0.2, 0.25) is 0 Å². The highest BCUT2D eigenvalue weighted by atomic mass is 35.5. The zero-order valence-electron chi connectivity index (χ0n) is 19.7. The molecule has 0 spiro atoms. The van der Waals surface area contributed by atoms with Crippen molar-refractivity contribution in [2.45, 2.75) is 38.2 Å². The Labute approximate surface area is 231 Å². The lowest BCUT2D eigenvalue weighted by atomic mass is 9.95. The van der Waals surface area contributed by atoms with Crippen LogP contribution in [0.2, 0.25) is 15.1 Å². The van der Waals surface area contributed by atoms with Crippen LogP contribution in [-0.2, 0) is 0 Å². The minimum absolute atomic E-state index is 0.00809. The Balaban J connectivity index is 0.000000482. The molecule has 0 aromatic heterocycles. The molecule has 0 aliphatic rings. The molecule has 204 valence electrons. The summed E-state index contributed by atoms with van der Waals surface area (Å²) < 4.78 is 75.3. The van der Waals surface area contributed by atoms with E-state index in [9.17, 15) is 31.1 Å². The first-order valence-electron chi connectivity index (χ1n) is 10.5. The van der Waals surface area contributed by atoms with E-state index in [1.54, 1.807) is 20.9 Å². The largest absolute Gasteiger partial charge is 0.405 e. The van der Waals surface area contributed by atoms with E-state index in [1.807, 2.05) is 0 Å². The van der Waals surface area contributed by atoms with E-state index >= 15 is 0 Å². The second-order valence-corrected chi connectivity index (χ2v) is 9.39. The molecule has 3 nitrogen and oxygen atoms in total. The van der Waals surface area contributed by atoms with Gasteiger partial charge in [0.25, 0.3) is 0 Å². The Hall–Kier alpha value is -1.85. The van der Waals surface area contributed by atoms with Crippen molar-refractivity contribution in [2.24, 2.45) is 0 Å². The Morgan fingerprint density at radius 1 is 1.05 bits per heavy atom. The number of allylic oxidation sites excluding steroid dienone is 1. The van der Waals surface area contributed by atoms with Crippen molar-refractivity contribution < 1.29 is 31.1 Å². The van der Waals surface area contributed by atoms with E-state index in [2.05, 4.69) is 22.9 Å². The maximum Gasteiger partial charge on any atom is 0.405 e. The predicted octanol–water partition coefficient (Wildman–Crippen LogP) is 8.20. The fraction of sp³-hybridized carbons (Fsp3) is 0.333. The highest BCUT2D eigenvalue weighted by Gasteiger charge is 2.39. The third-order valence-electron chi connectivity index (χ3n) is 4.87. The summed E-state index contributed by atoms with van der Waals surface area (Å²) in [5.74, 6) is -1.86. The second-order valence-electron chi connectivity index (χ2n) is 7.75. The third-order valence-corrected chi connectivity index (χ3v) is 6.59. The van der Waals surface area contributed by atoms with Crippen molar-refractivity contribution in [2.75, 3.05) is 13.6 Å². The zero-order chi connectivity index (χ0) is 28.6. The third kappa shape index (κ3) is 11.2. The molecule has 37 heavy (non-hydrogen) atoms. The molecule has 0 aliphatic heterocycles. The van der Waals surface area contributed by atoms with Crippen molar-refractivity contribution >= 4 is 64.4 Å². The van der Waals surface area contributed by atoms with Crippen molar-refractivity contribution in [3.63, 3.8) is 0 Å². The van der Waals surface area contributed by atoms with E-state index < -0.39 is 24.8 Å². The number of carbonyl (C=O) groups excluding carboxylic acids is 1. The van der Waals surface area contributed by atoms with Gasteiger partial charge in [-0.2, -0.15) is 26.3 Å². The van der Waals surface area contributed by atoms with Crippen molar-refractivity contribution in [1.82, 2.24) is 10.6 Å². The van der Waals surface area contributed by atoms with Crippen LogP contribution in [0.25, 0.3) is 6.08 Å². The molecule has 2 aromatic carbocycles. The first kappa shape index (κ1) is 33.2. The number of nitrogens with one attached hydrogen (secondary N) is 2. The molecule has 2 N–H and O–H groups in total. The van der Waals surface area contributed by atoms with Gasteiger partial charge in [-0.15, -0.1) is 0 Å². The molecule has 2 unspecified atom stereocenters. The van der Waals surface area contributed by atoms with E-state index in [1.165, 1.54) is 36.4 Å². The van der Waals surface area contributed by atoms with Crippen LogP contribution in [0.5, 0.6) is 0 Å². The van der Waals surface area contributed by atoms with Gasteiger partial charge in [0, 0.05) is 5.56 Å². The van der Waals surface area contributed by atoms with E-state index in [-0.39, 0.29) is 37.2 Å². The van der Waals surface area contributed by atoms with Gasteiger partial charge < -0.3 is 10.6 Å². The molecule has 0 radical (unpaired) electrons. The van der Waals surface area contributed by atoms with Crippen molar-refractivity contribution in [3.05, 3.63) is 73.7 Å². The lowest BCUT2D eigenvalue weighted by Gasteiger charge is -2.19. The van der Waals surface area contributed by atoms with E-state index in [0.717, 1.165) is 6.08 Å². The summed E-state index contributed by atoms with van der Waals surface area (Å²) in [4.78, 5) is 10.9. The van der Waals surface area contributed by atoms with Gasteiger partial charge in [0.15, 0.2) is 6.29 Å². The topological polar surface area (TPSA) is 41.1 Å². The summed E-state index contributed by atoms with van der Waals surface area (Å²) in [5.41, 5.74) is 1.17. The van der Waals surface area contributed by atoms with Gasteiger partial charge >= 0.3 is 12.4 Å². The average molecular weight is 608 g/mol. The SMILES string of the molecule is CNC(C)C(=S)NCC(F)(F)F.Cc1cc(C(/C=C/c2ccc(C=O)c(Cl)c2)C(F)(F)F)cc(Cl)c1Cl. The molecule has 0 saturated heterocycles. The summed E-state index contributed by atoms with van der Waals surface area (Å²) in [7, 11) is 1.63. The lowest BCUT2D eigenvalue weighted by Crippen LogP contribution is -2.42. The summed E-state index contributed by atoms with van der Waals surface area (Å²) in [6.45, 7) is 2.20. The molecule has 0 heterocycles. The van der Waals surface area contributed by atoms with Crippen LogP contribution in [0.3, 0.4) is 0 Å². The maximum atomic E-state index is 13.5. The molecule has 2 atom stereocenters. The van der Waals surface area contributed by atoms with Crippen LogP contribution in [-0.4, -0.2) is 43.3 Å². The number of hydrogen-bond donors (Lipinski definition) is 2. The zero-order valence-corrected chi connectivity index (χ0v) is 22.8. The van der Waals surface area contributed by atoms with Crippen LogP contribution in [0, 0.1) is 6.92 Å². The normalized spacial score (nSPS) is 13.5. The number of thiocarbonyl (C=S) groups is 1. The van der Waals surface area contributed by atoms with Crippen LogP contribution >= 0.6 is 47.0 Å². The number of carbonyl (C=O) groups is 1. The van der Waals surface area contributed by atoms with Gasteiger partial charge in [-0.3, -0.25) is 4.79 Å². The molecule has 0 fully saturated rings. The van der Waals surface area contributed by atoms with Gasteiger partial charge in [-0.05, 0) is 55.8 Å². The van der Waals surface area contributed by atoms with Crippen LogP contribution in [0.15, 0.2) is 36.4 Å². The molecule has 0 aliphatic carbocycles. The smallest absolute Gasteiger partial charge is 0.370 e. The Kier molecular flexibility index (Phi) is 12.9. The summed E-state index contributed by atoms with van der Waals surface area (Å²) >= 11 is 22.4. The van der Waals surface area contributed by atoms with E-state index in [0.29, 0.717) is 17.4 Å². The number of hydrogen-bond acceptors (Lipinski definition) is 3. The minimum Gasteiger partial charge on any atom is -0.370 e. The van der Waals surface area contributed by atoms with Crippen molar-refractivity contribution in [1.29, 1.82) is 0 Å². The summed E-state index contributed by atoms with van der Waals surface area (Å²) in [6.07, 6.45) is -5.82. The molecule has 0 bridgehead atoms. The first-order valence-corrected chi connectivity index (χ1v) is 12.0. The fourth-order valence-electron chi connectivity index (χ4n) is 2.76. The monoisotopic (exact) mass is 606 g/mol. The molecule has 0 saturated carbocycles. The molecule has 13 heteroatoms. The molecule has 0 amide bonds. The molecular formula is C24H23Cl3F6N2OS. The first-order chi connectivity index (χ1) is 17.0. The molecule has 2 aromatic rings. The van der Waals surface area contributed by atoms with Crippen molar-refractivity contribution in [3.8, 4) is 0 Å². The molecule has 2 rings (SSSR count). The van der Waals surface area contributed by atoms with Gasteiger partial charge in [0.1, 0.15) is 6.54 Å². The minimum atomic E-state index is -4.51. The number of alkyl halides is 6. The highest BCUT2D eigenvalue weighted by molar-refractivity contribution is 7.80. The molecular weight excluding hydrogens is 585 g/mol. The van der Waals surface area contributed by atoms with Crippen LogP contribution in [0.4, 0.5) is 26.3 Å². The number of benzene rings is 2. The van der Waals surface area contributed by atoms with Crippen LogP contribution in [0.1, 0.15) is 39.9 Å². The number of likely N-dealkylation sites (N-methyl/N-ethyl adjacent to an activating group) is 1. The Bertz CT molecular complexity index is 1100. The van der Waals surface area contributed by atoms with Gasteiger partial charge in [0.05, 0.1) is 32.0 Å². The predicted molar refractivity (Wildman–Crippen MR) is 141 cm³/mol. The quantitative estimate of drug-likeness (QED) is 0.189. The number of halogens is 9. The van der Waals surface area contributed by atoms with Gasteiger partial charge in [-0.25, -0.2) is 0 Å². The lowest BCUT2D eigenvalue weighted by molar-refractivity contribution is -0.139. The summed E-state index contributed by atoms with van der Waals surface area (Å²) in [6, 6.07) is 6.72. The Morgan fingerprint density at radius 2 is 1.68 bits per heavy atom. The van der Waals surface area contributed by atoms with E-state index in [4.69, 9.17) is 34.8 Å². The van der Waals surface area contributed by atoms with Gasteiger partial charge in [-0.1, -0.05) is 71.3 Å². The maximum absolute atomic E-state index is 13.5. The number of aldehydes is 1. The van der Waals surface area contributed by atoms with Crippen LogP contribution < -0.4 is 10.6 Å². The highest BCUT2D eigenvalue weighted by Crippen LogP contribution is 2.39. The number of aryl methyl sites for hydroxylation is 1. The summed E-state index contributed by atoms with van der Waals surface area (Å²) in [5, 5.41) is 5.32. The fourth-order valence-corrected chi connectivity index (χ4v) is 3.57. The Morgan fingerprint density at radius 3 is 2.14 bits per heavy atom. The standard InChI is InChI=1S/C18H12Cl3F3O.C6H11F3N2S/c1-10-6-13(8-16(20)17(10)21)14(18(22,23)24)5-3-11-2-4-12(9-25)15(19)7-11;1-4(10-2)5(12)11-3-6(7,8)9/h2-9,14H,1H3;4,10H,3H2,1-2H3,(H,11,12)/b5-3+;.